The quantitative estimate of drug-likeness (QED) is 0.190. The Labute approximate surface area is 276 Å². The lowest BCUT2D eigenvalue weighted by Crippen LogP contribution is -2.13. The van der Waals surface area contributed by atoms with Crippen LogP contribution in [0.25, 0.3) is 66.1 Å². The van der Waals surface area contributed by atoms with E-state index >= 15 is 0 Å². The maximum atomic E-state index is 2.43. The van der Waals surface area contributed by atoms with Crippen molar-refractivity contribution in [2.45, 2.75) is 13.8 Å². The molecule has 222 valence electrons. The second-order valence-electron chi connectivity index (χ2n) is 12.7. The minimum Gasteiger partial charge on any atom is -0.310 e. The molecule has 8 aromatic carbocycles. The van der Waals surface area contributed by atoms with Crippen LogP contribution < -0.4 is 4.90 Å². The Morgan fingerprint density at radius 2 is 0.809 bits per heavy atom. The highest BCUT2D eigenvalue weighted by Gasteiger charge is 2.25. The maximum absolute atomic E-state index is 2.43. The molecule has 0 unspecified atom stereocenters. The van der Waals surface area contributed by atoms with Gasteiger partial charge in [0.25, 0.3) is 0 Å². The SMILES string of the molecule is Cc1ccccc1N(c1ccc2cc3c(cc2c1)-c1cc2cc(-c4ccccc4)ccc2cc1-3)c1cc(-c2ccccc2)ccc1C. The van der Waals surface area contributed by atoms with Gasteiger partial charge in [0.15, 0.2) is 0 Å². The number of aryl methyl sites for hydroxylation is 2. The van der Waals surface area contributed by atoms with Crippen molar-refractivity contribution < 1.29 is 0 Å². The number of benzene rings is 8. The highest BCUT2D eigenvalue weighted by Crippen LogP contribution is 2.51. The lowest BCUT2D eigenvalue weighted by Gasteiger charge is -2.30. The van der Waals surface area contributed by atoms with E-state index in [0.717, 1.165) is 5.69 Å². The second-order valence-corrected chi connectivity index (χ2v) is 12.7. The Balaban J connectivity index is 1.17. The fraction of sp³-hybridized carbons (Fsp3) is 0.0435. The summed E-state index contributed by atoms with van der Waals surface area (Å²) < 4.78 is 0. The fourth-order valence-corrected chi connectivity index (χ4v) is 7.24. The number of anilines is 3. The van der Waals surface area contributed by atoms with Crippen molar-refractivity contribution in [1.29, 1.82) is 0 Å². The largest absolute Gasteiger partial charge is 0.310 e. The zero-order valence-electron chi connectivity index (χ0n) is 26.5. The van der Waals surface area contributed by atoms with Gasteiger partial charge >= 0.3 is 0 Å². The van der Waals surface area contributed by atoms with E-state index in [1.807, 2.05) is 0 Å². The molecule has 1 aliphatic rings. The molecular formula is C46H33N. The van der Waals surface area contributed by atoms with Crippen LogP contribution in [0.4, 0.5) is 17.1 Å². The molecule has 0 N–H and O–H groups in total. The highest BCUT2D eigenvalue weighted by molar-refractivity contribution is 6.12. The van der Waals surface area contributed by atoms with E-state index in [1.54, 1.807) is 0 Å². The predicted octanol–water partition coefficient (Wildman–Crippen LogP) is 13.1. The topological polar surface area (TPSA) is 3.24 Å². The van der Waals surface area contributed by atoms with Gasteiger partial charge in [-0.1, -0.05) is 109 Å². The van der Waals surface area contributed by atoms with Crippen molar-refractivity contribution in [2.24, 2.45) is 0 Å². The Bertz CT molecular complexity index is 2470. The van der Waals surface area contributed by atoms with Crippen LogP contribution in [-0.2, 0) is 0 Å². The number of fused-ring (bicyclic) bond motifs is 6. The second kappa shape index (κ2) is 10.9. The highest BCUT2D eigenvalue weighted by atomic mass is 15.1. The van der Waals surface area contributed by atoms with Crippen LogP contribution in [-0.4, -0.2) is 0 Å². The van der Waals surface area contributed by atoms with Crippen LogP contribution in [0.1, 0.15) is 11.1 Å². The molecule has 0 radical (unpaired) electrons. The first kappa shape index (κ1) is 27.4. The third-order valence-corrected chi connectivity index (χ3v) is 9.80. The monoisotopic (exact) mass is 599 g/mol. The lowest BCUT2D eigenvalue weighted by molar-refractivity contribution is 1.23. The molecule has 8 aromatic rings. The molecule has 1 heteroatoms. The van der Waals surface area contributed by atoms with E-state index in [9.17, 15) is 0 Å². The molecule has 0 amide bonds. The van der Waals surface area contributed by atoms with E-state index in [-0.39, 0.29) is 0 Å². The van der Waals surface area contributed by atoms with Crippen molar-refractivity contribution in [2.75, 3.05) is 4.90 Å². The van der Waals surface area contributed by atoms with Gasteiger partial charge in [-0.25, -0.2) is 0 Å². The molecule has 0 saturated heterocycles. The summed E-state index contributed by atoms with van der Waals surface area (Å²) in [4.78, 5) is 2.43. The molecule has 1 aliphatic carbocycles. The average molecular weight is 600 g/mol. The molecule has 0 spiro atoms. The summed E-state index contributed by atoms with van der Waals surface area (Å²) in [5, 5.41) is 5.08. The minimum atomic E-state index is 1.16. The Hall–Kier alpha value is -5.92. The van der Waals surface area contributed by atoms with E-state index in [1.165, 1.54) is 88.6 Å². The van der Waals surface area contributed by atoms with Crippen molar-refractivity contribution >= 4 is 38.6 Å². The van der Waals surface area contributed by atoms with Crippen molar-refractivity contribution in [1.82, 2.24) is 0 Å². The van der Waals surface area contributed by atoms with E-state index in [2.05, 4.69) is 183 Å². The van der Waals surface area contributed by atoms with Crippen molar-refractivity contribution in [3.63, 3.8) is 0 Å². The lowest BCUT2D eigenvalue weighted by atomic mass is 9.77. The number of nitrogens with zero attached hydrogens (tertiary/aromatic N) is 1. The van der Waals surface area contributed by atoms with Crippen LogP contribution in [0, 0.1) is 13.8 Å². The first-order valence-electron chi connectivity index (χ1n) is 16.3. The van der Waals surface area contributed by atoms with Crippen LogP contribution in [0.3, 0.4) is 0 Å². The van der Waals surface area contributed by atoms with Gasteiger partial charge in [-0.05, 0) is 146 Å². The summed E-state index contributed by atoms with van der Waals surface area (Å²) in [6, 6.07) is 60.1. The summed E-state index contributed by atoms with van der Waals surface area (Å²) in [5.41, 5.74) is 16.3. The summed E-state index contributed by atoms with van der Waals surface area (Å²) in [7, 11) is 0. The molecular weight excluding hydrogens is 567 g/mol. The van der Waals surface area contributed by atoms with Crippen LogP contribution in [0.5, 0.6) is 0 Å². The maximum Gasteiger partial charge on any atom is 0.0497 e. The van der Waals surface area contributed by atoms with Gasteiger partial charge in [-0.15, -0.1) is 0 Å². The fourth-order valence-electron chi connectivity index (χ4n) is 7.24. The third-order valence-electron chi connectivity index (χ3n) is 9.80. The smallest absolute Gasteiger partial charge is 0.0497 e. The number of para-hydroxylation sites is 1. The Morgan fingerprint density at radius 1 is 0.319 bits per heavy atom. The minimum absolute atomic E-state index is 1.16. The molecule has 9 rings (SSSR count). The zero-order valence-corrected chi connectivity index (χ0v) is 26.5. The molecule has 0 aromatic heterocycles. The molecule has 0 fully saturated rings. The summed E-state index contributed by atoms with van der Waals surface area (Å²) in [5.74, 6) is 0. The zero-order chi connectivity index (χ0) is 31.5. The summed E-state index contributed by atoms with van der Waals surface area (Å²) in [6.07, 6.45) is 0. The van der Waals surface area contributed by atoms with Gasteiger partial charge in [0.2, 0.25) is 0 Å². The van der Waals surface area contributed by atoms with Gasteiger partial charge in [0.1, 0.15) is 0 Å². The van der Waals surface area contributed by atoms with E-state index < -0.39 is 0 Å². The predicted molar refractivity (Wildman–Crippen MR) is 201 cm³/mol. The van der Waals surface area contributed by atoms with Gasteiger partial charge in [0.05, 0.1) is 0 Å². The first-order valence-corrected chi connectivity index (χ1v) is 16.3. The molecule has 0 aliphatic heterocycles. The van der Waals surface area contributed by atoms with Crippen LogP contribution >= 0.6 is 0 Å². The Kier molecular flexibility index (Phi) is 6.33. The van der Waals surface area contributed by atoms with E-state index in [4.69, 9.17) is 0 Å². The standard InChI is InChI=1S/C46H33N/c1-30-11-9-10-16-45(30)47(46-29-37(18-17-31(46)2)33-14-7-4-8-15-33)40-22-21-36-26-42-41-25-35-20-19-34(32-12-5-3-6-13-32)23-38(35)27-43(41)44(42)28-39(36)24-40/h3-29H,1-2H3. The Morgan fingerprint density at radius 3 is 1.45 bits per heavy atom. The molecule has 0 atom stereocenters. The number of rotatable bonds is 5. The van der Waals surface area contributed by atoms with E-state index in [0.29, 0.717) is 0 Å². The number of hydrogen-bond donors (Lipinski definition) is 0. The summed E-state index contributed by atoms with van der Waals surface area (Å²) >= 11 is 0. The van der Waals surface area contributed by atoms with Crippen molar-refractivity contribution in [3.05, 3.63) is 175 Å². The van der Waals surface area contributed by atoms with Crippen molar-refractivity contribution in [3.8, 4) is 44.5 Å². The molecule has 1 nitrogen and oxygen atoms in total. The van der Waals surface area contributed by atoms with Gasteiger partial charge in [-0.3, -0.25) is 0 Å². The molecule has 0 heterocycles. The normalized spacial score (nSPS) is 11.6. The van der Waals surface area contributed by atoms with Crippen LogP contribution in [0.15, 0.2) is 164 Å². The van der Waals surface area contributed by atoms with Gasteiger partial charge in [0, 0.05) is 17.1 Å². The molecule has 0 bridgehead atoms. The summed E-state index contributed by atoms with van der Waals surface area (Å²) in [6.45, 7) is 4.41. The van der Waals surface area contributed by atoms with Gasteiger partial charge in [-0.2, -0.15) is 0 Å². The molecule has 0 saturated carbocycles. The van der Waals surface area contributed by atoms with Gasteiger partial charge < -0.3 is 4.90 Å². The average Bonchev–Trinajstić information content (AvgIpc) is 3.12. The molecule has 47 heavy (non-hydrogen) atoms. The van der Waals surface area contributed by atoms with Crippen LogP contribution in [0.2, 0.25) is 0 Å². The first-order chi connectivity index (χ1) is 23.1. The third kappa shape index (κ3) is 4.63. The number of hydrogen-bond acceptors (Lipinski definition) is 1.